The number of carbonyl (C=O) groups excluding carboxylic acids is 1. The maximum Gasteiger partial charge on any atom is 0.221 e. The number of hydrogen-bond donors (Lipinski definition) is 2. The Kier molecular flexibility index (Phi) is 4.65. The van der Waals surface area contributed by atoms with Crippen LogP contribution < -0.4 is 11.1 Å². The van der Waals surface area contributed by atoms with E-state index in [1.54, 1.807) is 11.8 Å². The number of anilines is 1. The lowest BCUT2D eigenvalue weighted by molar-refractivity contribution is -0.114. The topological polar surface area (TPSA) is 55.1 Å². The fourth-order valence-electron chi connectivity index (χ4n) is 1.07. The number of hydrogen-bond acceptors (Lipinski definition) is 3. The summed E-state index contributed by atoms with van der Waals surface area (Å²) < 4.78 is 0. The van der Waals surface area contributed by atoms with Crippen molar-refractivity contribution >= 4 is 23.4 Å². The molecule has 0 saturated heterocycles. The molecule has 1 atom stereocenters. The molecular formula is C11H16N2OS. The molecule has 3 nitrogen and oxygen atoms in total. The lowest BCUT2D eigenvalue weighted by Gasteiger charge is -2.06. The second kappa shape index (κ2) is 5.78. The molecule has 1 amide bonds. The fraction of sp³-hybridized carbons (Fsp3) is 0.364. The van der Waals surface area contributed by atoms with Crippen molar-refractivity contribution in [3.05, 3.63) is 24.3 Å². The molecule has 1 unspecified atom stereocenters. The number of nitrogens with one attached hydrogen (secondary N) is 1. The molecule has 0 heterocycles. The maximum atomic E-state index is 10.8. The molecule has 1 aromatic carbocycles. The molecule has 82 valence electrons. The summed E-state index contributed by atoms with van der Waals surface area (Å²) in [5.41, 5.74) is 6.48. The van der Waals surface area contributed by atoms with Crippen LogP contribution in [0.15, 0.2) is 29.2 Å². The van der Waals surface area contributed by atoms with Crippen LogP contribution in [0.4, 0.5) is 5.69 Å². The van der Waals surface area contributed by atoms with Crippen LogP contribution in [0, 0.1) is 0 Å². The van der Waals surface area contributed by atoms with Gasteiger partial charge in [-0.3, -0.25) is 4.79 Å². The van der Waals surface area contributed by atoms with Gasteiger partial charge in [0.2, 0.25) is 5.91 Å². The lowest BCUT2D eigenvalue weighted by atomic mass is 10.3. The van der Waals surface area contributed by atoms with Crippen LogP contribution in [-0.2, 0) is 4.79 Å². The van der Waals surface area contributed by atoms with Crippen molar-refractivity contribution < 1.29 is 4.79 Å². The standard InChI is InChI=1S/C11H16N2OS/c1-8(12)7-15-11-5-3-10(4-6-11)13-9(2)14/h3-6,8H,7,12H2,1-2H3,(H,13,14). The zero-order chi connectivity index (χ0) is 11.3. The molecule has 0 fully saturated rings. The SMILES string of the molecule is CC(=O)Nc1ccc(SCC(C)N)cc1. The van der Waals surface area contributed by atoms with Gasteiger partial charge >= 0.3 is 0 Å². The van der Waals surface area contributed by atoms with Gasteiger partial charge in [0.25, 0.3) is 0 Å². The van der Waals surface area contributed by atoms with E-state index in [1.165, 1.54) is 11.8 Å². The molecular weight excluding hydrogens is 208 g/mol. The molecule has 1 aromatic rings. The summed E-state index contributed by atoms with van der Waals surface area (Å²) in [6, 6.07) is 7.96. The second-order valence-electron chi connectivity index (χ2n) is 3.49. The molecule has 0 bridgehead atoms. The van der Waals surface area contributed by atoms with Crippen molar-refractivity contribution in [3.8, 4) is 0 Å². The van der Waals surface area contributed by atoms with E-state index in [0.29, 0.717) is 0 Å². The quantitative estimate of drug-likeness (QED) is 0.770. The van der Waals surface area contributed by atoms with Crippen LogP contribution in [0.3, 0.4) is 0 Å². The first-order valence-corrected chi connectivity index (χ1v) is 5.82. The van der Waals surface area contributed by atoms with Gasteiger partial charge in [0.15, 0.2) is 0 Å². The molecule has 0 radical (unpaired) electrons. The van der Waals surface area contributed by atoms with Gasteiger partial charge in [-0.05, 0) is 31.2 Å². The summed E-state index contributed by atoms with van der Waals surface area (Å²) in [4.78, 5) is 11.9. The zero-order valence-electron chi connectivity index (χ0n) is 8.99. The number of thioether (sulfide) groups is 1. The summed E-state index contributed by atoms with van der Waals surface area (Å²) >= 11 is 1.72. The van der Waals surface area contributed by atoms with E-state index >= 15 is 0 Å². The van der Waals surface area contributed by atoms with E-state index in [1.807, 2.05) is 31.2 Å². The molecule has 0 aliphatic carbocycles. The van der Waals surface area contributed by atoms with Gasteiger partial charge in [0.05, 0.1) is 0 Å². The van der Waals surface area contributed by atoms with E-state index in [4.69, 9.17) is 5.73 Å². The molecule has 0 spiro atoms. The predicted octanol–water partition coefficient (Wildman–Crippen LogP) is 2.08. The highest BCUT2D eigenvalue weighted by molar-refractivity contribution is 7.99. The molecule has 0 aliphatic rings. The molecule has 0 aliphatic heterocycles. The molecule has 1 rings (SSSR count). The van der Waals surface area contributed by atoms with E-state index in [-0.39, 0.29) is 11.9 Å². The Hall–Kier alpha value is -1.00. The van der Waals surface area contributed by atoms with Gasteiger partial charge in [-0.2, -0.15) is 0 Å². The van der Waals surface area contributed by atoms with Gasteiger partial charge < -0.3 is 11.1 Å². The van der Waals surface area contributed by atoms with Crippen molar-refractivity contribution in [2.45, 2.75) is 24.8 Å². The average molecular weight is 224 g/mol. The number of rotatable bonds is 4. The fourth-order valence-corrected chi connectivity index (χ4v) is 1.85. The Morgan fingerprint density at radius 3 is 2.53 bits per heavy atom. The normalized spacial score (nSPS) is 12.2. The Morgan fingerprint density at radius 2 is 2.07 bits per heavy atom. The van der Waals surface area contributed by atoms with E-state index < -0.39 is 0 Å². The molecule has 15 heavy (non-hydrogen) atoms. The van der Waals surface area contributed by atoms with Crippen molar-refractivity contribution in [3.63, 3.8) is 0 Å². The Bertz CT molecular complexity index is 322. The number of carbonyl (C=O) groups is 1. The van der Waals surface area contributed by atoms with E-state index in [0.717, 1.165) is 11.4 Å². The third-order valence-corrected chi connectivity index (χ3v) is 2.99. The highest BCUT2D eigenvalue weighted by Gasteiger charge is 1.98. The summed E-state index contributed by atoms with van der Waals surface area (Å²) in [7, 11) is 0. The van der Waals surface area contributed by atoms with Crippen molar-refractivity contribution in [2.24, 2.45) is 5.73 Å². The van der Waals surface area contributed by atoms with Crippen molar-refractivity contribution in [2.75, 3.05) is 11.1 Å². The molecule has 4 heteroatoms. The van der Waals surface area contributed by atoms with Crippen molar-refractivity contribution in [1.29, 1.82) is 0 Å². The van der Waals surface area contributed by atoms with Crippen LogP contribution in [0.5, 0.6) is 0 Å². The van der Waals surface area contributed by atoms with Gasteiger partial charge in [-0.1, -0.05) is 0 Å². The Morgan fingerprint density at radius 1 is 1.47 bits per heavy atom. The minimum atomic E-state index is -0.0500. The van der Waals surface area contributed by atoms with Crippen LogP contribution in [0.2, 0.25) is 0 Å². The molecule has 0 saturated carbocycles. The largest absolute Gasteiger partial charge is 0.327 e. The van der Waals surface area contributed by atoms with Gasteiger partial charge in [0, 0.05) is 29.3 Å². The van der Waals surface area contributed by atoms with Gasteiger partial charge in [-0.15, -0.1) is 11.8 Å². The first kappa shape index (κ1) is 12.1. The number of benzene rings is 1. The summed E-state index contributed by atoms with van der Waals surface area (Å²) in [6.07, 6.45) is 0. The highest BCUT2D eigenvalue weighted by atomic mass is 32.2. The summed E-state index contributed by atoms with van der Waals surface area (Å²) in [5, 5.41) is 2.72. The second-order valence-corrected chi connectivity index (χ2v) is 4.59. The van der Waals surface area contributed by atoms with Crippen LogP contribution in [0.1, 0.15) is 13.8 Å². The van der Waals surface area contributed by atoms with Crippen LogP contribution >= 0.6 is 11.8 Å². The third-order valence-electron chi connectivity index (χ3n) is 1.69. The van der Waals surface area contributed by atoms with E-state index in [2.05, 4.69) is 5.32 Å². The monoisotopic (exact) mass is 224 g/mol. The molecule has 3 N–H and O–H groups in total. The van der Waals surface area contributed by atoms with Gasteiger partial charge in [-0.25, -0.2) is 0 Å². The predicted molar refractivity (Wildman–Crippen MR) is 65.1 cm³/mol. The summed E-state index contributed by atoms with van der Waals surface area (Å²) in [6.45, 7) is 3.48. The highest BCUT2D eigenvalue weighted by Crippen LogP contribution is 2.20. The lowest BCUT2D eigenvalue weighted by Crippen LogP contribution is -2.17. The minimum Gasteiger partial charge on any atom is -0.327 e. The molecule has 0 aromatic heterocycles. The van der Waals surface area contributed by atoms with Crippen LogP contribution in [-0.4, -0.2) is 17.7 Å². The smallest absolute Gasteiger partial charge is 0.221 e. The van der Waals surface area contributed by atoms with Gasteiger partial charge in [0.1, 0.15) is 0 Å². The van der Waals surface area contributed by atoms with Crippen LogP contribution in [0.25, 0.3) is 0 Å². The number of nitrogens with two attached hydrogens (primary N) is 1. The summed E-state index contributed by atoms with van der Waals surface area (Å²) in [5.74, 6) is 0.852. The number of amides is 1. The minimum absolute atomic E-state index is 0.0500. The first-order valence-electron chi connectivity index (χ1n) is 4.84. The first-order chi connectivity index (χ1) is 7.08. The zero-order valence-corrected chi connectivity index (χ0v) is 9.80. The Labute approximate surface area is 94.4 Å². The average Bonchev–Trinajstić information content (AvgIpc) is 2.16. The Balaban J connectivity index is 2.52. The maximum absolute atomic E-state index is 10.8. The third kappa shape index (κ3) is 4.85. The van der Waals surface area contributed by atoms with Crippen molar-refractivity contribution in [1.82, 2.24) is 0 Å². The van der Waals surface area contributed by atoms with E-state index in [9.17, 15) is 4.79 Å².